The first-order valence-electron chi connectivity index (χ1n) is 3.92. The second-order valence-electron chi connectivity index (χ2n) is 2.54. The summed E-state index contributed by atoms with van der Waals surface area (Å²) in [6.45, 7) is -0.571. The molecule has 0 aliphatic carbocycles. The van der Waals surface area contributed by atoms with Gasteiger partial charge in [-0.2, -0.15) is 0 Å². The zero-order valence-corrected chi connectivity index (χ0v) is 8.24. The summed E-state index contributed by atoms with van der Waals surface area (Å²) in [5.41, 5.74) is 0.132. The highest BCUT2D eigenvalue weighted by Crippen LogP contribution is 2.16. The number of oxime groups is 1. The van der Waals surface area contributed by atoms with Crippen molar-refractivity contribution in [1.82, 2.24) is 0 Å². The van der Waals surface area contributed by atoms with Crippen LogP contribution in [0.15, 0.2) is 23.4 Å². The smallest absolute Gasteiger partial charge is 0.344 e. The van der Waals surface area contributed by atoms with Crippen LogP contribution in [0.2, 0.25) is 5.02 Å². The number of halogens is 2. The molecule has 80 valence electrons. The molecule has 4 nitrogen and oxygen atoms in total. The number of rotatable bonds is 4. The van der Waals surface area contributed by atoms with E-state index in [1.807, 2.05) is 0 Å². The van der Waals surface area contributed by atoms with Gasteiger partial charge in [-0.3, -0.25) is 0 Å². The summed E-state index contributed by atoms with van der Waals surface area (Å²) in [6, 6.07) is 4.38. The second kappa shape index (κ2) is 5.31. The number of carboxylic acids is 1. The minimum atomic E-state index is -1.15. The number of hydrogen-bond acceptors (Lipinski definition) is 3. The molecule has 1 aromatic rings. The first-order chi connectivity index (χ1) is 7.11. The summed E-state index contributed by atoms with van der Waals surface area (Å²) in [4.78, 5) is 14.4. The topological polar surface area (TPSA) is 58.9 Å². The van der Waals surface area contributed by atoms with Gasteiger partial charge in [0, 0.05) is 5.56 Å². The molecule has 0 fully saturated rings. The van der Waals surface area contributed by atoms with E-state index in [-0.39, 0.29) is 10.6 Å². The predicted molar refractivity (Wildman–Crippen MR) is 52.6 cm³/mol. The van der Waals surface area contributed by atoms with Crippen molar-refractivity contribution in [2.24, 2.45) is 5.16 Å². The normalized spacial score (nSPS) is 10.5. The van der Waals surface area contributed by atoms with E-state index in [1.165, 1.54) is 12.1 Å². The molecular formula is C9H7ClFNO3. The molecule has 1 aromatic carbocycles. The Morgan fingerprint density at radius 3 is 3.07 bits per heavy atom. The minimum absolute atomic E-state index is 0.0304. The summed E-state index contributed by atoms with van der Waals surface area (Å²) in [5, 5.41) is 11.5. The van der Waals surface area contributed by atoms with E-state index in [1.54, 1.807) is 6.07 Å². The van der Waals surface area contributed by atoms with Gasteiger partial charge >= 0.3 is 5.97 Å². The Morgan fingerprint density at radius 1 is 1.67 bits per heavy atom. The summed E-state index contributed by atoms with van der Waals surface area (Å²) < 4.78 is 13.2. The molecule has 0 saturated carbocycles. The van der Waals surface area contributed by atoms with Gasteiger partial charge in [0.05, 0.1) is 11.2 Å². The molecule has 15 heavy (non-hydrogen) atoms. The largest absolute Gasteiger partial charge is 0.479 e. The van der Waals surface area contributed by atoms with Gasteiger partial charge in [0.15, 0.2) is 5.82 Å². The van der Waals surface area contributed by atoms with Gasteiger partial charge in [-0.1, -0.05) is 28.9 Å². The summed E-state index contributed by atoms with van der Waals surface area (Å²) >= 11 is 5.51. The fourth-order valence-corrected chi connectivity index (χ4v) is 0.989. The number of benzene rings is 1. The number of carbonyl (C=O) groups is 1. The quantitative estimate of drug-likeness (QED) is 0.636. The fourth-order valence-electron chi connectivity index (χ4n) is 0.807. The maximum atomic E-state index is 13.2. The molecule has 0 heterocycles. The monoisotopic (exact) mass is 231 g/mol. The molecule has 0 aliphatic rings. The second-order valence-corrected chi connectivity index (χ2v) is 2.95. The van der Waals surface area contributed by atoms with E-state index < -0.39 is 18.4 Å². The van der Waals surface area contributed by atoms with Crippen LogP contribution in [0.25, 0.3) is 0 Å². The fraction of sp³-hybridized carbons (Fsp3) is 0.111. The average Bonchev–Trinajstić information content (AvgIpc) is 2.18. The molecule has 0 spiro atoms. The van der Waals surface area contributed by atoms with E-state index in [0.29, 0.717) is 0 Å². The van der Waals surface area contributed by atoms with E-state index >= 15 is 0 Å². The van der Waals surface area contributed by atoms with Crippen molar-refractivity contribution in [3.8, 4) is 0 Å². The summed E-state index contributed by atoms with van der Waals surface area (Å²) in [7, 11) is 0. The molecule has 0 saturated heterocycles. The first-order valence-corrected chi connectivity index (χ1v) is 4.30. The van der Waals surface area contributed by atoms with Gasteiger partial charge in [-0.25, -0.2) is 9.18 Å². The van der Waals surface area contributed by atoms with Crippen LogP contribution in [0.1, 0.15) is 5.56 Å². The van der Waals surface area contributed by atoms with Crippen molar-refractivity contribution in [2.45, 2.75) is 0 Å². The third-order valence-corrected chi connectivity index (χ3v) is 1.73. The van der Waals surface area contributed by atoms with Gasteiger partial charge in [-0.15, -0.1) is 0 Å². The lowest BCUT2D eigenvalue weighted by molar-refractivity contribution is -0.142. The Balaban J connectivity index is 2.64. The lowest BCUT2D eigenvalue weighted by Crippen LogP contribution is -2.03. The maximum Gasteiger partial charge on any atom is 0.344 e. The van der Waals surface area contributed by atoms with Crippen LogP contribution in [0, 0.1) is 5.82 Å². The number of aliphatic carboxylic acids is 1. The van der Waals surface area contributed by atoms with Crippen LogP contribution in [0.4, 0.5) is 4.39 Å². The number of hydrogen-bond donors (Lipinski definition) is 1. The maximum absolute atomic E-state index is 13.2. The summed E-state index contributed by atoms with van der Waals surface area (Å²) in [5.74, 6) is -1.78. The Morgan fingerprint density at radius 2 is 2.40 bits per heavy atom. The van der Waals surface area contributed by atoms with Crippen LogP contribution < -0.4 is 0 Å². The van der Waals surface area contributed by atoms with E-state index in [9.17, 15) is 9.18 Å². The van der Waals surface area contributed by atoms with Crippen molar-refractivity contribution < 1.29 is 19.1 Å². The van der Waals surface area contributed by atoms with Crippen molar-refractivity contribution >= 4 is 23.8 Å². The van der Waals surface area contributed by atoms with Gasteiger partial charge < -0.3 is 9.94 Å². The lowest BCUT2D eigenvalue weighted by atomic mass is 10.2. The molecule has 0 bridgehead atoms. The van der Waals surface area contributed by atoms with E-state index in [2.05, 4.69) is 9.99 Å². The average molecular weight is 232 g/mol. The highest BCUT2D eigenvalue weighted by Gasteiger charge is 2.03. The van der Waals surface area contributed by atoms with Crippen molar-refractivity contribution in [3.63, 3.8) is 0 Å². The van der Waals surface area contributed by atoms with E-state index in [4.69, 9.17) is 16.7 Å². The third kappa shape index (κ3) is 3.55. The molecular weight excluding hydrogens is 225 g/mol. The standard InChI is InChI=1S/C9H7ClFNO3/c10-7-3-1-2-6(9(7)11)4-12-15-5-8(13)14/h1-4H,5H2,(H,13,14)/b12-4+. The van der Waals surface area contributed by atoms with Crippen LogP contribution in [-0.4, -0.2) is 23.9 Å². The van der Waals surface area contributed by atoms with Crippen LogP contribution in [0.5, 0.6) is 0 Å². The molecule has 0 aliphatic heterocycles. The van der Waals surface area contributed by atoms with E-state index in [0.717, 1.165) is 6.21 Å². The Hall–Kier alpha value is -1.62. The lowest BCUT2D eigenvalue weighted by Gasteiger charge is -1.97. The SMILES string of the molecule is O=C(O)CO/N=C/c1cccc(Cl)c1F. The van der Waals surface area contributed by atoms with Crippen LogP contribution >= 0.6 is 11.6 Å². The zero-order chi connectivity index (χ0) is 11.3. The highest BCUT2D eigenvalue weighted by molar-refractivity contribution is 6.31. The van der Waals surface area contributed by atoms with Gasteiger partial charge in [0.1, 0.15) is 0 Å². The number of carboxylic acid groups (broad SMARTS) is 1. The molecule has 0 radical (unpaired) electrons. The van der Waals surface area contributed by atoms with Gasteiger partial charge in [0.25, 0.3) is 0 Å². The van der Waals surface area contributed by atoms with Crippen LogP contribution in [0.3, 0.4) is 0 Å². The molecule has 1 rings (SSSR count). The first kappa shape index (κ1) is 11.5. The van der Waals surface area contributed by atoms with Crippen LogP contribution in [-0.2, 0) is 9.63 Å². The molecule has 0 amide bonds. The number of nitrogens with zero attached hydrogens (tertiary/aromatic N) is 1. The van der Waals surface area contributed by atoms with Crippen molar-refractivity contribution in [2.75, 3.05) is 6.61 Å². The van der Waals surface area contributed by atoms with Crippen molar-refractivity contribution in [1.29, 1.82) is 0 Å². The Bertz CT molecular complexity index is 395. The summed E-state index contributed by atoms with van der Waals surface area (Å²) in [6.07, 6.45) is 1.06. The molecule has 0 aromatic heterocycles. The zero-order valence-electron chi connectivity index (χ0n) is 7.48. The molecule has 1 N–H and O–H groups in total. The van der Waals surface area contributed by atoms with Gasteiger partial charge in [-0.05, 0) is 6.07 Å². The van der Waals surface area contributed by atoms with Gasteiger partial charge in [0.2, 0.25) is 6.61 Å². The van der Waals surface area contributed by atoms with Crippen molar-refractivity contribution in [3.05, 3.63) is 34.6 Å². The molecule has 0 atom stereocenters. The predicted octanol–water partition coefficient (Wildman–Crippen LogP) is 1.91. The third-order valence-electron chi connectivity index (χ3n) is 1.44. The Labute approximate surface area is 89.9 Å². The minimum Gasteiger partial charge on any atom is -0.479 e. The molecule has 0 unspecified atom stereocenters. The molecule has 6 heteroatoms. The Kier molecular flexibility index (Phi) is 4.05. The highest BCUT2D eigenvalue weighted by atomic mass is 35.5.